The summed E-state index contributed by atoms with van der Waals surface area (Å²) >= 11 is 0. The molecule has 0 saturated carbocycles. The maximum Gasteiger partial charge on any atom is 0.263 e. The maximum atomic E-state index is 12.6. The van der Waals surface area contributed by atoms with Gasteiger partial charge < -0.3 is 5.32 Å². The van der Waals surface area contributed by atoms with Gasteiger partial charge in [-0.25, -0.2) is 8.42 Å². The first-order valence-corrected chi connectivity index (χ1v) is 8.72. The molecule has 7 heteroatoms. The average Bonchev–Trinajstić information content (AvgIpc) is 2.78. The van der Waals surface area contributed by atoms with E-state index >= 15 is 0 Å². The molecule has 1 aromatic carbocycles. The van der Waals surface area contributed by atoms with Crippen molar-refractivity contribution >= 4 is 15.8 Å². The highest BCUT2D eigenvalue weighted by Gasteiger charge is 2.23. The maximum absolute atomic E-state index is 12.6. The minimum Gasteiger partial charge on any atom is -0.312 e. The molecule has 6 nitrogen and oxygen atoms in total. The molecule has 1 aliphatic heterocycles. The van der Waals surface area contributed by atoms with Gasteiger partial charge in [-0.2, -0.15) is 5.10 Å². The van der Waals surface area contributed by atoms with Crippen molar-refractivity contribution in [2.45, 2.75) is 31.7 Å². The van der Waals surface area contributed by atoms with Gasteiger partial charge in [0.25, 0.3) is 10.0 Å². The van der Waals surface area contributed by atoms with Crippen LogP contribution in [-0.4, -0.2) is 24.7 Å². The van der Waals surface area contributed by atoms with Gasteiger partial charge >= 0.3 is 0 Å². The highest BCUT2D eigenvalue weighted by atomic mass is 32.2. The van der Waals surface area contributed by atoms with Gasteiger partial charge in [0.1, 0.15) is 5.82 Å². The molecular weight excluding hydrogens is 300 g/mol. The summed E-state index contributed by atoms with van der Waals surface area (Å²) in [5.41, 5.74) is 3.91. The molecule has 22 heavy (non-hydrogen) atoms. The zero-order chi connectivity index (χ0) is 15.9. The molecule has 0 atom stereocenters. The lowest BCUT2D eigenvalue weighted by atomic mass is 10.1. The summed E-state index contributed by atoms with van der Waals surface area (Å²) in [5.74, 6) is 0.542. The van der Waals surface area contributed by atoms with Crippen molar-refractivity contribution in [2.24, 2.45) is 7.05 Å². The fourth-order valence-corrected chi connectivity index (χ4v) is 3.83. The van der Waals surface area contributed by atoms with Gasteiger partial charge in [-0.15, -0.1) is 0 Å². The van der Waals surface area contributed by atoms with E-state index in [-0.39, 0.29) is 4.90 Å². The Kier molecular flexibility index (Phi) is 3.70. The van der Waals surface area contributed by atoms with Crippen LogP contribution >= 0.6 is 0 Å². The van der Waals surface area contributed by atoms with Gasteiger partial charge in [0.2, 0.25) is 0 Å². The van der Waals surface area contributed by atoms with Crippen molar-refractivity contribution in [1.82, 2.24) is 15.1 Å². The molecule has 2 N–H and O–H groups in total. The highest BCUT2D eigenvalue weighted by Crippen LogP contribution is 2.25. The summed E-state index contributed by atoms with van der Waals surface area (Å²) in [6, 6.07) is 5.15. The molecule has 3 rings (SSSR count). The largest absolute Gasteiger partial charge is 0.312 e. The van der Waals surface area contributed by atoms with Crippen LogP contribution in [0.3, 0.4) is 0 Å². The number of nitrogens with one attached hydrogen (secondary N) is 2. The SMILES string of the molecule is Cc1ccc(S(=O)(=O)Nc2c3c(nn2C)CCNC3)cc1C. The van der Waals surface area contributed by atoms with Crippen molar-refractivity contribution in [1.29, 1.82) is 0 Å². The van der Waals surface area contributed by atoms with Gasteiger partial charge in [0.05, 0.1) is 10.6 Å². The molecule has 0 spiro atoms. The van der Waals surface area contributed by atoms with E-state index in [4.69, 9.17) is 0 Å². The lowest BCUT2D eigenvalue weighted by Crippen LogP contribution is -2.24. The van der Waals surface area contributed by atoms with E-state index < -0.39 is 10.0 Å². The first-order chi connectivity index (χ1) is 10.4. The minimum absolute atomic E-state index is 0.273. The van der Waals surface area contributed by atoms with Crippen molar-refractivity contribution < 1.29 is 8.42 Å². The molecule has 0 fully saturated rings. The van der Waals surface area contributed by atoms with Crippen LogP contribution in [0.5, 0.6) is 0 Å². The Morgan fingerprint density at radius 3 is 2.77 bits per heavy atom. The number of hydrogen-bond donors (Lipinski definition) is 2. The van der Waals surface area contributed by atoms with E-state index in [0.29, 0.717) is 12.4 Å². The summed E-state index contributed by atoms with van der Waals surface area (Å²) in [5, 5.41) is 7.66. The van der Waals surface area contributed by atoms with Crippen LogP contribution in [0.15, 0.2) is 23.1 Å². The second-order valence-corrected chi connectivity index (χ2v) is 7.36. The molecule has 1 aromatic heterocycles. The number of sulfonamides is 1. The van der Waals surface area contributed by atoms with Crippen LogP contribution in [0.4, 0.5) is 5.82 Å². The van der Waals surface area contributed by atoms with E-state index in [1.54, 1.807) is 23.9 Å². The Morgan fingerprint density at radius 2 is 2.05 bits per heavy atom. The fraction of sp³-hybridized carbons (Fsp3) is 0.400. The second kappa shape index (κ2) is 5.40. The Bertz CT molecular complexity index is 824. The third-order valence-electron chi connectivity index (χ3n) is 4.09. The third-order valence-corrected chi connectivity index (χ3v) is 5.43. The van der Waals surface area contributed by atoms with Gasteiger partial charge in [-0.05, 0) is 37.1 Å². The standard InChI is InChI=1S/C15H20N4O2S/c1-10-4-5-12(8-11(10)2)22(20,21)18-15-13-9-16-7-6-14(13)17-19(15)3/h4-5,8,16,18H,6-7,9H2,1-3H3. The summed E-state index contributed by atoms with van der Waals surface area (Å²) in [7, 11) is -1.86. The van der Waals surface area contributed by atoms with Crippen molar-refractivity contribution in [2.75, 3.05) is 11.3 Å². The summed E-state index contributed by atoms with van der Waals surface area (Å²) in [6.45, 7) is 5.37. The number of benzene rings is 1. The molecule has 0 bridgehead atoms. The third kappa shape index (κ3) is 2.62. The zero-order valence-corrected chi connectivity index (χ0v) is 13.8. The first-order valence-electron chi connectivity index (χ1n) is 7.24. The quantitative estimate of drug-likeness (QED) is 0.898. The highest BCUT2D eigenvalue weighted by molar-refractivity contribution is 7.92. The molecule has 2 heterocycles. The van der Waals surface area contributed by atoms with Crippen molar-refractivity contribution in [3.63, 3.8) is 0 Å². The fourth-order valence-electron chi connectivity index (χ4n) is 2.63. The van der Waals surface area contributed by atoms with Crippen molar-refractivity contribution in [3.05, 3.63) is 40.6 Å². The van der Waals surface area contributed by atoms with Crippen LogP contribution in [-0.2, 0) is 30.0 Å². The average molecular weight is 320 g/mol. The summed E-state index contributed by atoms with van der Waals surface area (Å²) in [6.07, 6.45) is 0.814. The van der Waals surface area contributed by atoms with Gasteiger partial charge in [-0.3, -0.25) is 9.40 Å². The number of rotatable bonds is 3. The number of fused-ring (bicyclic) bond motifs is 1. The number of nitrogens with zero attached hydrogens (tertiary/aromatic N) is 2. The second-order valence-electron chi connectivity index (χ2n) is 5.68. The molecule has 0 amide bonds. The number of hydrogen-bond acceptors (Lipinski definition) is 4. The Hall–Kier alpha value is -1.86. The Morgan fingerprint density at radius 1 is 1.27 bits per heavy atom. The predicted molar refractivity (Wildman–Crippen MR) is 85.3 cm³/mol. The Balaban J connectivity index is 1.98. The van der Waals surface area contributed by atoms with Crippen LogP contribution < -0.4 is 10.0 Å². The zero-order valence-electron chi connectivity index (χ0n) is 13.0. The molecule has 0 unspecified atom stereocenters. The first kappa shape index (κ1) is 15.1. The topological polar surface area (TPSA) is 76.0 Å². The molecule has 1 aliphatic rings. The number of anilines is 1. The number of aromatic nitrogens is 2. The predicted octanol–water partition coefficient (Wildman–Crippen LogP) is 1.48. The van der Waals surface area contributed by atoms with E-state index in [1.807, 2.05) is 19.9 Å². The lowest BCUT2D eigenvalue weighted by Gasteiger charge is -2.14. The van der Waals surface area contributed by atoms with Crippen LogP contribution in [0, 0.1) is 13.8 Å². The molecule has 0 aliphatic carbocycles. The van der Waals surface area contributed by atoms with Crippen LogP contribution in [0.2, 0.25) is 0 Å². The smallest absolute Gasteiger partial charge is 0.263 e. The van der Waals surface area contributed by atoms with E-state index in [2.05, 4.69) is 15.1 Å². The van der Waals surface area contributed by atoms with Gasteiger partial charge in [0, 0.05) is 32.1 Å². The monoisotopic (exact) mass is 320 g/mol. The van der Waals surface area contributed by atoms with E-state index in [0.717, 1.165) is 35.3 Å². The Labute approximate surface area is 130 Å². The molecule has 118 valence electrons. The van der Waals surface area contributed by atoms with Gasteiger partial charge in [-0.1, -0.05) is 6.07 Å². The van der Waals surface area contributed by atoms with Crippen molar-refractivity contribution in [3.8, 4) is 0 Å². The normalized spacial score (nSPS) is 14.7. The van der Waals surface area contributed by atoms with Gasteiger partial charge in [0.15, 0.2) is 0 Å². The van der Waals surface area contributed by atoms with Crippen LogP contribution in [0.25, 0.3) is 0 Å². The molecule has 2 aromatic rings. The van der Waals surface area contributed by atoms with Crippen LogP contribution in [0.1, 0.15) is 22.4 Å². The summed E-state index contributed by atoms with van der Waals surface area (Å²) in [4.78, 5) is 0.273. The lowest BCUT2D eigenvalue weighted by molar-refractivity contribution is 0.600. The minimum atomic E-state index is -3.62. The molecule has 0 radical (unpaired) electrons. The number of aryl methyl sites for hydroxylation is 3. The molecular formula is C15H20N4O2S. The van der Waals surface area contributed by atoms with E-state index in [1.165, 1.54) is 0 Å². The summed E-state index contributed by atoms with van der Waals surface area (Å²) < 4.78 is 29.6. The van der Waals surface area contributed by atoms with E-state index in [9.17, 15) is 8.42 Å². The molecule has 0 saturated heterocycles.